The number of carbonyl (C=O) groups excluding carboxylic acids is 1. The van der Waals surface area contributed by atoms with E-state index in [1.54, 1.807) is 12.1 Å². The second kappa shape index (κ2) is 7.49. The molecule has 2 fully saturated rings. The van der Waals surface area contributed by atoms with Crippen molar-refractivity contribution < 1.29 is 9.18 Å². The molecule has 0 spiro atoms. The largest absolute Gasteiger partial charge is 0.367 e. The highest BCUT2D eigenvalue weighted by Gasteiger charge is 2.28. The van der Waals surface area contributed by atoms with E-state index in [2.05, 4.69) is 17.1 Å². The molecule has 132 valence electrons. The molecule has 1 unspecified atom stereocenters. The zero-order valence-corrected chi connectivity index (χ0v) is 14.3. The number of piperazine rings is 1. The lowest BCUT2D eigenvalue weighted by Gasteiger charge is -2.35. The lowest BCUT2D eigenvalue weighted by molar-refractivity contribution is 0.0950. The van der Waals surface area contributed by atoms with E-state index >= 15 is 0 Å². The highest BCUT2D eigenvalue weighted by Crippen LogP contribution is 2.31. The molecule has 1 aliphatic heterocycles. The number of benzene rings is 1. The van der Waals surface area contributed by atoms with Gasteiger partial charge < -0.3 is 20.9 Å². The predicted octanol–water partition coefficient (Wildman–Crippen LogP) is 1.43. The van der Waals surface area contributed by atoms with Gasteiger partial charge in [0.05, 0.1) is 5.69 Å². The van der Waals surface area contributed by atoms with Crippen LogP contribution in [0.4, 0.5) is 10.1 Å². The molecule has 5 nitrogen and oxygen atoms in total. The van der Waals surface area contributed by atoms with Crippen molar-refractivity contribution >= 4 is 11.6 Å². The summed E-state index contributed by atoms with van der Waals surface area (Å²) >= 11 is 0. The molecule has 0 radical (unpaired) electrons. The maximum absolute atomic E-state index is 14.5. The maximum atomic E-state index is 14.5. The Morgan fingerprint density at radius 3 is 2.62 bits per heavy atom. The fourth-order valence-electron chi connectivity index (χ4n) is 3.21. The van der Waals surface area contributed by atoms with Crippen LogP contribution in [0.3, 0.4) is 0 Å². The fraction of sp³-hybridized carbons (Fsp3) is 0.611. The monoisotopic (exact) mass is 334 g/mol. The van der Waals surface area contributed by atoms with Crippen LogP contribution in [0, 0.1) is 11.7 Å². The molecule has 1 aromatic carbocycles. The minimum atomic E-state index is -0.334. The van der Waals surface area contributed by atoms with Crippen molar-refractivity contribution in [3.8, 4) is 0 Å². The van der Waals surface area contributed by atoms with Gasteiger partial charge in [-0.15, -0.1) is 0 Å². The number of carbonyl (C=O) groups is 1. The molecule has 1 aliphatic carbocycles. The number of rotatable bonds is 6. The van der Waals surface area contributed by atoms with E-state index in [-0.39, 0.29) is 17.8 Å². The summed E-state index contributed by atoms with van der Waals surface area (Å²) in [6.45, 7) is 7.12. The van der Waals surface area contributed by atoms with Gasteiger partial charge in [0, 0.05) is 44.3 Å². The van der Waals surface area contributed by atoms with Crippen molar-refractivity contribution in [1.29, 1.82) is 0 Å². The number of amides is 1. The number of nitrogens with zero attached hydrogens (tertiary/aromatic N) is 2. The molecule has 1 atom stereocenters. The van der Waals surface area contributed by atoms with Crippen molar-refractivity contribution in [1.82, 2.24) is 10.2 Å². The standard InChI is InChI=1S/C18H27FN4O/c1-2-22-7-9-23(10-8-22)17-6-5-14(11-15(17)19)18(24)21-12-16(20)13-3-4-13/h5-6,11,13,16H,2-4,7-10,12,20H2,1H3,(H,21,24). The Kier molecular flexibility index (Phi) is 5.36. The molecule has 1 saturated carbocycles. The number of nitrogens with two attached hydrogens (primary N) is 1. The molecule has 1 aromatic rings. The zero-order valence-electron chi connectivity index (χ0n) is 14.3. The van der Waals surface area contributed by atoms with Crippen LogP contribution in [0.5, 0.6) is 0 Å². The van der Waals surface area contributed by atoms with Gasteiger partial charge in [-0.05, 0) is 43.5 Å². The third-order valence-electron chi connectivity index (χ3n) is 5.10. The molecule has 24 heavy (non-hydrogen) atoms. The third kappa shape index (κ3) is 4.05. The summed E-state index contributed by atoms with van der Waals surface area (Å²) in [5, 5.41) is 2.81. The third-order valence-corrected chi connectivity index (χ3v) is 5.10. The summed E-state index contributed by atoms with van der Waals surface area (Å²) in [5.41, 5.74) is 6.91. The molecular weight excluding hydrogens is 307 g/mol. The van der Waals surface area contributed by atoms with Crippen LogP contribution in [0.25, 0.3) is 0 Å². The zero-order chi connectivity index (χ0) is 17.1. The predicted molar refractivity (Wildman–Crippen MR) is 93.8 cm³/mol. The molecule has 0 bridgehead atoms. The lowest BCUT2D eigenvalue weighted by atomic mass is 10.1. The van der Waals surface area contributed by atoms with Gasteiger partial charge in [-0.2, -0.15) is 0 Å². The van der Waals surface area contributed by atoms with Gasteiger partial charge in [-0.3, -0.25) is 4.79 Å². The summed E-state index contributed by atoms with van der Waals surface area (Å²) in [6, 6.07) is 4.75. The number of anilines is 1. The highest BCUT2D eigenvalue weighted by atomic mass is 19.1. The Labute approximate surface area is 143 Å². The van der Waals surface area contributed by atoms with E-state index < -0.39 is 0 Å². The van der Waals surface area contributed by atoms with Gasteiger partial charge in [-0.1, -0.05) is 6.92 Å². The van der Waals surface area contributed by atoms with Gasteiger partial charge in [0.1, 0.15) is 5.82 Å². The number of hydrogen-bond acceptors (Lipinski definition) is 4. The van der Waals surface area contributed by atoms with Crippen molar-refractivity contribution in [3.05, 3.63) is 29.6 Å². The first kappa shape index (κ1) is 17.2. The maximum Gasteiger partial charge on any atom is 0.251 e. The Morgan fingerprint density at radius 1 is 1.33 bits per heavy atom. The first-order valence-electron chi connectivity index (χ1n) is 8.89. The van der Waals surface area contributed by atoms with E-state index in [4.69, 9.17) is 5.73 Å². The van der Waals surface area contributed by atoms with Crippen molar-refractivity contribution in [2.24, 2.45) is 11.7 Å². The van der Waals surface area contributed by atoms with E-state index in [1.165, 1.54) is 6.07 Å². The molecule has 2 aliphatic rings. The number of hydrogen-bond donors (Lipinski definition) is 2. The molecular formula is C18H27FN4O. The molecule has 6 heteroatoms. The van der Waals surface area contributed by atoms with Crippen LogP contribution in [0.15, 0.2) is 18.2 Å². The number of halogens is 1. The minimum absolute atomic E-state index is 0.00734. The second-order valence-electron chi connectivity index (χ2n) is 6.80. The van der Waals surface area contributed by atoms with E-state index in [0.717, 1.165) is 45.6 Å². The van der Waals surface area contributed by atoms with Gasteiger partial charge in [0.2, 0.25) is 0 Å². The van der Waals surface area contributed by atoms with Crippen molar-refractivity contribution in [2.75, 3.05) is 44.2 Å². The van der Waals surface area contributed by atoms with Crippen LogP contribution in [0.2, 0.25) is 0 Å². The summed E-state index contributed by atoms with van der Waals surface area (Å²) < 4.78 is 14.5. The summed E-state index contributed by atoms with van der Waals surface area (Å²) in [6.07, 6.45) is 2.29. The van der Waals surface area contributed by atoms with Crippen LogP contribution < -0.4 is 16.0 Å². The molecule has 1 saturated heterocycles. The Hall–Kier alpha value is -1.66. The molecule has 1 heterocycles. The average molecular weight is 334 g/mol. The molecule has 3 rings (SSSR count). The summed E-state index contributed by atoms with van der Waals surface area (Å²) in [4.78, 5) is 16.6. The lowest BCUT2D eigenvalue weighted by Crippen LogP contribution is -2.46. The van der Waals surface area contributed by atoms with Crippen molar-refractivity contribution in [2.45, 2.75) is 25.8 Å². The SMILES string of the molecule is CCN1CCN(c2ccc(C(=O)NCC(N)C3CC3)cc2F)CC1. The fourth-order valence-corrected chi connectivity index (χ4v) is 3.21. The minimum Gasteiger partial charge on any atom is -0.367 e. The molecule has 3 N–H and O–H groups in total. The Bertz CT molecular complexity index is 582. The first-order chi connectivity index (χ1) is 11.6. The summed E-state index contributed by atoms with van der Waals surface area (Å²) in [5.74, 6) is -0.0577. The average Bonchev–Trinajstić information content (AvgIpc) is 3.44. The molecule has 1 amide bonds. The van der Waals surface area contributed by atoms with Crippen LogP contribution in [0.1, 0.15) is 30.1 Å². The Morgan fingerprint density at radius 2 is 2.04 bits per heavy atom. The quantitative estimate of drug-likeness (QED) is 0.826. The van der Waals surface area contributed by atoms with Crippen LogP contribution in [-0.2, 0) is 0 Å². The van der Waals surface area contributed by atoms with Gasteiger partial charge in [0.15, 0.2) is 0 Å². The van der Waals surface area contributed by atoms with Crippen LogP contribution in [-0.4, -0.2) is 56.1 Å². The van der Waals surface area contributed by atoms with Crippen molar-refractivity contribution in [3.63, 3.8) is 0 Å². The van der Waals surface area contributed by atoms with Crippen LogP contribution >= 0.6 is 0 Å². The van der Waals surface area contributed by atoms with E-state index in [1.807, 2.05) is 4.90 Å². The number of nitrogens with one attached hydrogen (secondary N) is 1. The van der Waals surface area contributed by atoms with E-state index in [0.29, 0.717) is 23.7 Å². The molecule has 0 aromatic heterocycles. The van der Waals surface area contributed by atoms with Gasteiger partial charge in [0.25, 0.3) is 5.91 Å². The number of likely N-dealkylation sites (N-methyl/N-ethyl adjacent to an activating group) is 1. The summed E-state index contributed by atoms with van der Waals surface area (Å²) in [7, 11) is 0. The first-order valence-corrected chi connectivity index (χ1v) is 8.89. The van der Waals surface area contributed by atoms with E-state index in [9.17, 15) is 9.18 Å². The second-order valence-corrected chi connectivity index (χ2v) is 6.80. The normalized spacial score (nSPS) is 20.0. The van der Waals surface area contributed by atoms with Gasteiger partial charge >= 0.3 is 0 Å². The topological polar surface area (TPSA) is 61.6 Å². The van der Waals surface area contributed by atoms with Gasteiger partial charge in [-0.25, -0.2) is 4.39 Å². The Balaban J connectivity index is 1.58. The highest BCUT2D eigenvalue weighted by molar-refractivity contribution is 5.94. The smallest absolute Gasteiger partial charge is 0.251 e.